The number of morpholine rings is 1. The lowest BCUT2D eigenvalue weighted by Gasteiger charge is -2.35. The lowest BCUT2D eigenvalue weighted by Crippen LogP contribution is -2.45. The summed E-state index contributed by atoms with van der Waals surface area (Å²) in [4.78, 5) is 1.82. The zero-order chi connectivity index (χ0) is 19.7. The van der Waals surface area contributed by atoms with Crippen molar-refractivity contribution in [2.24, 2.45) is 0 Å². The van der Waals surface area contributed by atoms with Gasteiger partial charge in [0, 0.05) is 13.1 Å². The molecule has 0 unspecified atom stereocenters. The zero-order valence-electron chi connectivity index (χ0n) is 15.4. The second-order valence-electron chi connectivity index (χ2n) is 7.62. The maximum atomic E-state index is 13.6. The molecule has 1 aliphatic rings. The van der Waals surface area contributed by atoms with Gasteiger partial charge >= 0.3 is 6.18 Å². The third-order valence-corrected chi connectivity index (χ3v) is 4.62. The number of rotatable bonds is 4. The molecule has 2 N–H and O–H groups in total. The summed E-state index contributed by atoms with van der Waals surface area (Å²) in [5.74, 6) is -0.0856. The highest BCUT2D eigenvalue weighted by molar-refractivity contribution is 5.43. The summed E-state index contributed by atoms with van der Waals surface area (Å²) in [5.41, 5.74) is -0.404. The third-order valence-electron chi connectivity index (χ3n) is 4.62. The quantitative estimate of drug-likeness (QED) is 0.789. The van der Waals surface area contributed by atoms with E-state index in [1.54, 1.807) is 20.8 Å². The number of ether oxygens (including phenoxy) is 1. The van der Waals surface area contributed by atoms with E-state index in [1.807, 2.05) is 4.90 Å². The third kappa shape index (κ3) is 4.58. The molecule has 0 aliphatic carbocycles. The number of hydrogen-bond acceptors (Lipinski definition) is 4. The van der Waals surface area contributed by atoms with Gasteiger partial charge in [-0.05, 0) is 28.2 Å². The Morgan fingerprint density at radius 3 is 2.35 bits per heavy atom. The molecule has 4 nitrogen and oxygen atoms in total. The number of halogens is 3. The number of aliphatic hydroxyl groups excluding tert-OH is 2. The fourth-order valence-corrected chi connectivity index (χ4v) is 3.19. The standard InChI is InChI=1S/C19H26F3NO3/c1-12(25)17-11-26-6-5-23(17)9-13-7-16(19(20,21)22)15(18(2,3)4)8-14(13)10-24/h7-8,17,24-25H,1,5-6,9-11H2,2-4H3/t17-/m0/s1. The van der Waals surface area contributed by atoms with Crippen molar-refractivity contribution in [3.05, 3.63) is 46.7 Å². The lowest BCUT2D eigenvalue weighted by atomic mass is 9.81. The largest absolute Gasteiger partial charge is 0.511 e. The summed E-state index contributed by atoms with van der Waals surface area (Å²) in [6, 6.07) is 2.09. The molecular formula is C19H26F3NO3. The molecule has 7 heteroatoms. The van der Waals surface area contributed by atoms with Crippen LogP contribution in [0.4, 0.5) is 13.2 Å². The van der Waals surface area contributed by atoms with Gasteiger partial charge in [0.25, 0.3) is 0 Å². The van der Waals surface area contributed by atoms with Gasteiger partial charge in [-0.2, -0.15) is 13.2 Å². The van der Waals surface area contributed by atoms with Crippen molar-refractivity contribution >= 4 is 0 Å². The summed E-state index contributed by atoms with van der Waals surface area (Å²) in [6.07, 6.45) is -4.49. The SMILES string of the molecule is C=C(O)[C@@H]1COCCN1Cc1cc(C(F)(F)F)c(C(C)(C)C)cc1CO. The molecule has 0 radical (unpaired) electrons. The van der Waals surface area contributed by atoms with E-state index in [0.29, 0.717) is 24.3 Å². The molecule has 146 valence electrons. The molecule has 1 fully saturated rings. The van der Waals surface area contributed by atoms with Gasteiger partial charge in [0.15, 0.2) is 0 Å². The van der Waals surface area contributed by atoms with Crippen LogP contribution in [-0.2, 0) is 29.5 Å². The number of aliphatic hydroxyl groups is 2. The van der Waals surface area contributed by atoms with Crippen molar-refractivity contribution in [2.45, 2.75) is 51.6 Å². The number of benzene rings is 1. The van der Waals surface area contributed by atoms with Crippen LogP contribution in [0.25, 0.3) is 0 Å². The average Bonchev–Trinajstić information content (AvgIpc) is 2.53. The highest BCUT2D eigenvalue weighted by Gasteiger charge is 2.37. The maximum Gasteiger partial charge on any atom is 0.416 e. The van der Waals surface area contributed by atoms with Crippen LogP contribution in [0.15, 0.2) is 24.5 Å². The molecule has 0 aromatic heterocycles. The second-order valence-corrected chi connectivity index (χ2v) is 7.62. The molecule has 26 heavy (non-hydrogen) atoms. The Morgan fingerprint density at radius 1 is 1.23 bits per heavy atom. The Labute approximate surface area is 151 Å². The lowest BCUT2D eigenvalue weighted by molar-refractivity contribution is -0.138. The van der Waals surface area contributed by atoms with Crippen molar-refractivity contribution in [3.8, 4) is 0 Å². The molecular weight excluding hydrogens is 347 g/mol. The fourth-order valence-electron chi connectivity index (χ4n) is 3.19. The summed E-state index contributed by atoms with van der Waals surface area (Å²) >= 11 is 0. The Kier molecular flexibility index (Phi) is 6.05. The van der Waals surface area contributed by atoms with Crippen molar-refractivity contribution in [1.29, 1.82) is 0 Å². The minimum atomic E-state index is -4.49. The minimum absolute atomic E-state index is 0.0856. The van der Waals surface area contributed by atoms with E-state index in [2.05, 4.69) is 6.58 Å². The van der Waals surface area contributed by atoms with Gasteiger partial charge in [0.2, 0.25) is 0 Å². The van der Waals surface area contributed by atoms with Crippen LogP contribution >= 0.6 is 0 Å². The highest BCUT2D eigenvalue weighted by Crippen LogP contribution is 2.39. The Morgan fingerprint density at radius 2 is 1.85 bits per heavy atom. The van der Waals surface area contributed by atoms with E-state index in [1.165, 1.54) is 6.07 Å². The molecule has 1 heterocycles. The van der Waals surface area contributed by atoms with Crippen molar-refractivity contribution in [3.63, 3.8) is 0 Å². The molecule has 0 saturated carbocycles. The summed E-state index contributed by atoms with van der Waals surface area (Å²) in [5, 5.41) is 19.5. The Bertz CT molecular complexity index is 665. The van der Waals surface area contributed by atoms with Crippen molar-refractivity contribution in [1.82, 2.24) is 4.90 Å². The molecule has 0 bridgehead atoms. The summed E-state index contributed by atoms with van der Waals surface area (Å²) < 4.78 is 46.2. The van der Waals surface area contributed by atoms with Crippen LogP contribution in [0.3, 0.4) is 0 Å². The van der Waals surface area contributed by atoms with E-state index in [4.69, 9.17) is 4.74 Å². The number of alkyl halides is 3. The molecule has 1 atom stereocenters. The maximum absolute atomic E-state index is 13.6. The first-order valence-electron chi connectivity index (χ1n) is 8.49. The van der Waals surface area contributed by atoms with Crippen LogP contribution in [-0.4, -0.2) is 40.9 Å². The van der Waals surface area contributed by atoms with Crippen LogP contribution in [0.1, 0.15) is 43.0 Å². The van der Waals surface area contributed by atoms with Gasteiger partial charge in [-0.1, -0.05) is 33.4 Å². The van der Waals surface area contributed by atoms with E-state index in [-0.39, 0.29) is 31.1 Å². The normalized spacial score (nSPS) is 19.6. The van der Waals surface area contributed by atoms with Crippen LogP contribution in [0.2, 0.25) is 0 Å². The van der Waals surface area contributed by atoms with Gasteiger partial charge < -0.3 is 14.9 Å². The van der Waals surface area contributed by atoms with Gasteiger partial charge in [-0.25, -0.2) is 0 Å². The Balaban J connectivity index is 2.49. The van der Waals surface area contributed by atoms with Crippen LogP contribution in [0, 0.1) is 0 Å². The number of hydrogen-bond donors (Lipinski definition) is 2. The predicted octanol–water partition coefficient (Wildman–Crippen LogP) is 3.77. The van der Waals surface area contributed by atoms with E-state index < -0.39 is 23.2 Å². The Hall–Kier alpha value is -1.57. The molecule has 0 amide bonds. The van der Waals surface area contributed by atoms with Crippen LogP contribution < -0.4 is 0 Å². The predicted molar refractivity (Wildman–Crippen MR) is 92.9 cm³/mol. The molecule has 1 aliphatic heterocycles. The van der Waals surface area contributed by atoms with Gasteiger partial charge in [-0.15, -0.1) is 0 Å². The van der Waals surface area contributed by atoms with Crippen molar-refractivity contribution in [2.75, 3.05) is 19.8 Å². The molecule has 1 aromatic rings. The summed E-state index contributed by atoms with van der Waals surface area (Å²) in [7, 11) is 0. The van der Waals surface area contributed by atoms with Gasteiger partial charge in [0.05, 0.1) is 31.4 Å². The van der Waals surface area contributed by atoms with E-state index >= 15 is 0 Å². The average molecular weight is 373 g/mol. The topological polar surface area (TPSA) is 52.9 Å². The molecule has 0 spiro atoms. The van der Waals surface area contributed by atoms with E-state index in [9.17, 15) is 23.4 Å². The first-order valence-corrected chi connectivity index (χ1v) is 8.49. The molecule has 1 saturated heterocycles. The molecule has 2 rings (SSSR count). The van der Waals surface area contributed by atoms with Crippen LogP contribution in [0.5, 0.6) is 0 Å². The van der Waals surface area contributed by atoms with E-state index in [0.717, 1.165) is 6.07 Å². The summed E-state index contributed by atoms with van der Waals surface area (Å²) in [6.45, 7) is 9.58. The monoisotopic (exact) mass is 373 g/mol. The first kappa shape index (κ1) is 20.7. The van der Waals surface area contributed by atoms with Crippen molar-refractivity contribution < 1.29 is 28.1 Å². The minimum Gasteiger partial charge on any atom is -0.511 e. The smallest absolute Gasteiger partial charge is 0.416 e. The second kappa shape index (κ2) is 7.58. The number of nitrogens with zero attached hydrogens (tertiary/aromatic N) is 1. The highest BCUT2D eigenvalue weighted by atomic mass is 19.4. The van der Waals surface area contributed by atoms with Gasteiger partial charge in [-0.3, -0.25) is 4.90 Å². The van der Waals surface area contributed by atoms with Gasteiger partial charge in [0.1, 0.15) is 5.76 Å². The molecule has 1 aromatic carbocycles. The first-order chi connectivity index (χ1) is 11.9. The zero-order valence-corrected chi connectivity index (χ0v) is 15.4. The fraction of sp³-hybridized carbons (Fsp3) is 0.579.